The van der Waals surface area contributed by atoms with Gasteiger partial charge in [0.1, 0.15) is 18.0 Å². The average molecular weight is 407 g/mol. The molecular formula is C22H25N5O3. The molecular weight excluding hydrogens is 382 g/mol. The summed E-state index contributed by atoms with van der Waals surface area (Å²) in [4.78, 5) is 12.0. The Bertz CT molecular complexity index is 1050. The van der Waals surface area contributed by atoms with Crippen molar-refractivity contribution in [2.24, 2.45) is 0 Å². The Balaban J connectivity index is 1.36. The van der Waals surface area contributed by atoms with E-state index in [1.807, 2.05) is 42.5 Å². The number of benzene rings is 1. The number of nitrogens with zero attached hydrogens (tertiary/aromatic N) is 2. The third kappa shape index (κ3) is 4.60. The molecule has 1 unspecified atom stereocenters. The van der Waals surface area contributed by atoms with Crippen LogP contribution in [-0.4, -0.2) is 31.6 Å². The lowest BCUT2D eigenvalue weighted by Crippen LogP contribution is -2.15. The molecule has 1 atom stereocenters. The van der Waals surface area contributed by atoms with Crippen LogP contribution < -0.4 is 5.32 Å². The van der Waals surface area contributed by atoms with Crippen molar-refractivity contribution in [2.45, 2.75) is 44.8 Å². The number of ether oxygens (including phenoxy) is 1. The highest BCUT2D eigenvalue weighted by Gasteiger charge is 2.25. The van der Waals surface area contributed by atoms with Crippen molar-refractivity contribution < 1.29 is 14.6 Å². The van der Waals surface area contributed by atoms with Gasteiger partial charge < -0.3 is 9.84 Å². The van der Waals surface area contributed by atoms with Gasteiger partial charge in [0.15, 0.2) is 0 Å². The molecule has 0 bridgehead atoms. The second-order valence-corrected chi connectivity index (χ2v) is 7.96. The highest BCUT2D eigenvalue weighted by Crippen LogP contribution is 2.37. The van der Waals surface area contributed by atoms with Gasteiger partial charge in [0.25, 0.3) is 0 Å². The molecule has 2 aromatic heterocycles. The number of hydrogen-bond acceptors (Lipinski definition) is 5. The maximum absolute atomic E-state index is 12.0. The molecule has 8 heteroatoms. The Kier molecular flexibility index (Phi) is 5.41. The first-order chi connectivity index (χ1) is 14.4. The molecule has 4 N–H and O–H groups in total. The van der Waals surface area contributed by atoms with Crippen LogP contribution in [0.25, 0.3) is 5.57 Å². The number of aromatic nitrogens is 4. The van der Waals surface area contributed by atoms with Gasteiger partial charge in [-0.05, 0) is 43.9 Å². The van der Waals surface area contributed by atoms with Crippen LogP contribution in [0.5, 0.6) is 0 Å². The number of hydrogen-bond donors (Lipinski definition) is 4. The minimum Gasteiger partial charge on any atom is -0.444 e. The average Bonchev–Trinajstić information content (AvgIpc) is 3.46. The van der Waals surface area contributed by atoms with Crippen molar-refractivity contribution in [2.75, 3.05) is 5.32 Å². The quantitative estimate of drug-likeness (QED) is 0.492. The van der Waals surface area contributed by atoms with Crippen LogP contribution in [0.2, 0.25) is 0 Å². The molecule has 4 rings (SSSR count). The van der Waals surface area contributed by atoms with Gasteiger partial charge in [-0.2, -0.15) is 10.2 Å². The number of allylic oxidation sites excluding steroid dienone is 2. The lowest BCUT2D eigenvalue weighted by atomic mass is 10.0. The van der Waals surface area contributed by atoms with Gasteiger partial charge in [-0.3, -0.25) is 15.5 Å². The summed E-state index contributed by atoms with van der Waals surface area (Å²) in [5, 5.41) is 27.2. The number of aliphatic hydroxyl groups is 1. The zero-order valence-corrected chi connectivity index (χ0v) is 17.0. The number of carbonyl (C=O) groups is 1. The molecule has 0 spiro atoms. The first kappa shape index (κ1) is 19.9. The molecule has 1 aromatic carbocycles. The van der Waals surface area contributed by atoms with Gasteiger partial charge in [0.05, 0.1) is 17.1 Å². The normalized spacial score (nSPS) is 16.4. The van der Waals surface area contributed by atoms with E-state index in [9.17, 15) is 9.90 Å². The van der Waals surface area contributed by atoms with Crippen LogP contribution in [-0.2, 0) is 16.9 Å². The predicted octanol–water partition coefficient (Wildman–Crippen LogP) is 4.07. The van der Waals surface area contributed by atoms with Crippen LogP contribution in [0.4, 0.5) is 10.6 Å². The Hall–Kier alpha value is -3.39. The van der Waals surface area contributed by atoms with Gasteiger partial charge >= 0.3 is 6.09 Å². The highest BCUT2D eigenvalue weighted by molar-refractivity contribution is 5.83. The summed E-state index contributed by atoms with van der Waals surface area (Å²) in [6.07, 6.45) is 3.38. The minimum absolute atomic E-state index is 0.134. The topological polar surface area (TPSA) is 116 Å². The monoisotopic (exact) mass is 407 g/mol. The molecule has 1 amide bonds. The summed E-state index contributed by atoms with van der Waals surface area (Å²) in [5.74, 6) is 0.628. The lowest BCUT2D eigenvalue weighted by Gasteiger charge is -2.13. The van der Waals surface area contributed by atoms with Gasteiger partial charge in [0, 0.05) is 12.0 Å². The van der Waals surface area contributed by atoms with Gasteiger partial charge in [-0.1, -0.05) is 36.4 Å². The summed E-state index contributed by atoms with van der Waals surface area (Å²) >= 11 is 0. The summed E-state index contributed by atoms with van der Waals surface area (Å²) in [7, 11) is 0. The largest absolute Gasteiger partial charge is 0.444 e. The molecule has 156 valence electrons. The molecule has 3 aromatic rings. The first-order valence-electron chi connectivity index (χ1n) is 9.91. The van der Waals surface area contributed by atoms with Crippen LogP contribution in [0.15, 0.2) is 48.5 Å². The zero-order chi connectivity index (χ0) is 21.1. The van der Waals surface area contributed by atoms with Gasteiger partial charge in [-0.25, -0.2) is 4.79 Å². The zero-order valence-electron chi connectivity index (χ0n) is 17.0. The van der Waals surface area contributed by atoms with E-state index in [0.717, 1.165) is 35.4 Å². The van der Waals surface area contributed by atoms with E-state index >= 15 is 0 Å². The maximum Gasteiger partial charge on any atom is 0.413 e. The van der Waals surface area contributed by atoms with Crippen molar-refractivity contribution in [1.82, 2.24) is 20.4 Å². The fourth-order valence-electron chi connectivity index (χ4n) is 3.43. The first-order valence-corrected chi connectivity index (χ1v) is 9.91. The van der Waals surface area contributed by atoms with Crippen molar-refractivity contribution in [3.8, 4) is 0 Å². The van der Waals surface area contributed by atoms with E-state index < -0.39 is 11.7 Å². The maximum atomic E-state index is 12.0. The fourth-order valence-corrected chi connectivity index (χ4v) is 3.43. The lowest BCUT2D eigenvalue weighted by molar-refractivity contribution is 0.0738. The van der Waals surface area contributed by atoms with Crippen LogP contribution >= 0.6 is 0 Å². The van der Waals surface area contributed by atoms with Crippen molar-refractivity contribution in [3.05, 3.63) is 71.2 Å². The number of aromatic amines is 2. The van der Waals surface area contributed by atoms with Gasteiger partial charge in [-0.15, -0.1) is 0 Å². The summed E-state index contributed by atoms with van der Waals surface area (Å²) < 4.78 is 5.23. The number of amides is 1. The number of rotatable bonds is 6. The summed E-state index contributed by atoms with van der Waals surface area (Å²) in [6.45, 7) is 3.65. The number of H-pyrrole nitrogens is 2. The van der Waals surface area contributed by atoms with Gasteiger partial charge in [0.2, 0.25) is 0 Å². The van der Waals surface area contributed by atoms with Crippen molar-refractivity contribution in [3.63, 3.8) is 0 Å². The van der Waals surface area contributed by atoms with Crippen molar-refractivity contribution >= 4 is 17.5 Å². The smallest absolute Gasteiger partial charge is 0.413 e. The Morgan fingerprint density at radius 3 is 2.77 bits per heavy atom. The molecule has 1 aliphatic rings. The van der Waals surface area contributed by atoms with E-state index in [2.05, 4.69) is 31.8 Å². The van der Waals surface area contributed by atoms with Crippen LogP contribution in [0.1, 0.15) is 55.3 Å². The number of carbonyl (C=O) groups excluding carboxylic acids is 1. The molecule has 2 heterocycles. The second-order valence-electron chi connectivity index (χ2n) is 7.96. The molecule has 0 saturated heterocycles. The molecule has 0 radical (unpaired) electrons. The Labute approximate surface area is 174 Å². The third-order valence-electron chi connectivity index (χ3n) is 5.12. The van der Waals surface area contributed by atoms with Crippen molar-refractivity contribution in [1.29, 1.82) is 0 Å². The standard InChI is InChI=1S/C22H25N5O3/c1-22(2,29)19-11-17(24-26-19)15-8-9-16(10-15)18-12-20(27-25-18)23-21(28)30-13-14-6-4-3-5-7-14/h3-7,10-12,16,29H,8-9,13H2,1-2H3,(H,24,26)(H2,23,25,27,28). The number of nitrogens with one attached hydrogen (secondary N) is 3. The fraction of sp³-hybridized carbons (Fsp3) is 0.318. The summed E-state index contributed by atoms with van der Waals surface area (Å²) in [6, 6.07) is 13.2. The minimum atomic E-state index is -0.957. The molecule has 0 aliphatic heterocycles. The molecule has 8 nitrogen and oxygen atoms in total. The molecule has 30 heavy (non-hydrogen) atoms. The van der Waals surface area contributed by atoms with E-state index in [4.69, 9.17) is 4.74 Å². The SMILES string of the molecule is CC(C)(O)c1cc(C2=CC(c3cc(NC(=O)OCc4ccccc4)[nH]n3)CC2)n[nH]1. The van der Waals surface area contributed by atoms with E-state index in [0.29, 0.717) is 11.5 Å². The Morgan fingerprint density at radius 2 is 2.03 bits per heavy atom. The predicted molar refractivity (Wildman–Crippen MR) is 113 cm³/mol. The second kappa shape index (κ2) is 8.16. The molecule has 0 saturated carbocycles. The van der Waals surface area contributed by atoms with Crippen LogP contribution in [0, 0.1) is 0 Å². The summed E-state index contributed by atoms with van der Waals surface area (Å²) in [5.41, 5.74) is 3.46. The number of anilines is 1. The Morgan fingerprint density at radius 1 is 1.23 bits per heavy atom. The molecule has 0 fully saturated rings. The van der Waals surface area contributed by atoms with E-state index in [1.54, 1.807) is 13.8 Å². The highest BCUT2D eigenvalue weighted by atomic mass is 16.5. The van der Waals surface area contributed by atoms with E-state index in [1.165, 1.54) is 0 Å². The molecule has 1 aliphatic carbocycles. The van der Waals surface area contributed by atoms with Crippen LogP contribution in [0.3, 0.4) is 0 Å². The van der Waals surface area contributed by atoms with E-state index in [-0.39, 0.29) is 12.5 Å². The third-order valence-corrected chi connectivity index (χ3v) is 5.12.